The molecular weight excluding hydrogens is 206 g/mol. The minimum atomic E-state index is -0.529. The highest BCUT2D eigenvalue weighted by atomic mass is 16.6. The number of amides is 1. The van der Waals surface area contributed by atoms with Crippen LogP contribution in [0.4, 0.5) is 4.79 Å². The van der Waals surface area contributed by atoms with Crippen LogP contribution in [0.2, 0.25) is 0 Å². The van der Waals surface area contributed by atoms with Crippen molar-refractivity contribution in [1.82, 2.24) is 4.90 Å². The Kier molecular flexibility index (Phi) is 5.48. The quantitative estimate of drug-likeness (QED) is 0.744. The average Bonchev–Trinajstić information content (AvgIpc) is 2.15. The molecule has 94 valence electrons. The molecule has 0 spiro atoms. The van der Waals surface area contributed by atoms with Gasteiger partial charge >= 0.3 is 6.09 Å². The molecule has 4 heteroatoms. The van der Waals surface area contributed by atoms with Crippen LogP contribution in [0.15, 0.2) is 0 Å². The fraction of sp³-hybridized carbons (Fsp3) is 0.833. The number of ether oxygens (including phenoxy) is 1. The first-order valence-corrected chi connectivity index (χ1v) is 5.71. The number of likely N-dealkylation sites (N-methyl/N-ethyl adjacent to an activating group) is 1. The van der Waals surface area contributed by atoms with E-state index in [0.29, 0.717) is 12.8 Å². The third-order valence-corrected chi connectivity index (χ3v) is 2.26. The molecule has 1 amide bonds. The van der Waals surface area contributed by atoms with Crippen molar-refractivity contribution in [2.75, 3.05) is 7.05 Å². The molecule has 0 aliphatic carbocycles. The number of ketones is 1. The van der Waals surface area contributed by atoms with Crippen molar-refractivity contribution in [3.8, 4) is 0 Å². The van der Waals surface area contributed by atoms with Gasteiger partial charge in [0.25, 0.3) is 0 Å². The predicted molar refractivity (Wildman–Crippen MR) is 63.4 cm³/mol. The van der Waals surface area contributed by atoms with Gasteiger partial charge in [0, 0.05) is 13.5 Å². The van der Waals surface area contributed by atoms with Crippen LogP contribution in [-0.2, 0) is 9.53 Å². The number of carbonyl (C=O) groups excluding carboxylic acids is 2. The lowest BCUT2D eigenvalue weighted by molar-refractivity contribution is -0.123. The van der Waals surface area contributed by atoms with E-state index in [2.05, 4.69) is 0 Å². The Bertz CT molecular complexity index is 255. The van der Waals surface area contributed by atoms with E-state index in [9.17, 15) is 9.59 Å². The lowest BCUT2D eigenvalue weighted by Gasteiger charge is -2.29. The van der Waals surface area contributed by atoms with E-state index in [1.807, 2.05) is 6.92 Å². The molecule has 0 bridgehead atoms. The van der Waals surface area contributed by atoms with Crippen LogP contribution in [0, 0.1) is 0 Å². The van der Waals surface area contributed by atoms with Gasteiger partial charge < -0.3 is 9.64 Å². The third-order valence-electron chi connectivity index (χ3n) is 2.26. The molecule has 0 aromatic rings. The van der Waals surface area contributed by atoms with Gasteiger partial charge in [-0.05, 0) is 27.2 Å². The van der Waals surface area contributed by atoms with Gasteiger partial charge in [-0.1, -0.05) is 13.8 Å². The lowest BCUT2D eigenvalue weighted by atomic mass is 10.1. The minimum absolute atomic E-state index is 0.0656. The van der Waals surface area contributed by atoms with Gasteiger partial charge in [0.1, 0.15) is 5.60 Å². The Labute approximate surface area is 98.0 Å². The summed E-state index contributed by atoms with van der Waals surface area (Å²) in [7, 11) is 1.61. The maximum Gasteiger partial charge on any atom is 0.410 e. The minimum Gasteiger partial charge on any atom is -0.444 e. The lowest BCUT2D eigenvalue weighted by Crippen LogP contribution is -2.44. The van der Waals surface area contributed by atoms with E-state index in [1.54, 1.807) is 34.7 Å². The summed E-state index contributed by atoms with van der Waals surface area (Å²) >= 11 is 0. The summed E-state index contributed by atoms with van der Waals surface area (Å²) in [6, 6.07) is -0.375. The van der Waals surface area contributed by atoms with Crippen LogP contribution >= 0.6 is 0 Å². The highest BCUT2D eigenvalue weighted by Crippen LogP contribution is 2.13. The summed E-state index contributed by atoms with van der Waals surface area (Å²) in [5.74, 6) is 0.0656. The number of Topliss-reactive ketones (excluding diaryl/α,β-unsaturated/α-hetero) is 1. The van der Waals surface area contributed by atoms with E-state index in [1.165, 1.54) is 4.90 Å². The summed E-state index contributed by atoms with van der Waals surface area (Å²) in [5.41, 5.74) is -0.529. The zero-order valence-corrected chi connectivity index (χ0v) is 11.2. The van der Waals surface area contributed by atoms with Gasteiger partial charge in [-0.25, -0.2) is 4.79 Å². The van der Waals surface area contributed by atoms with Gasteiger partial charge in [-0.2, -0.15) is 0 Å². The summed E-state index contributed by atoms with van der Waals surface area (Å²) in [6.07, 6.45) is 0.606. The largest absolute Gasteiger partial charge is 0.444 e. The highest BCUT2D eigenvalue weighted by molar-refractivity contribution is 5.87. The van der Waals surface area contributed by atoms with Gasteiger partial charge in [-0.15, -0.1) is 0 Å². The summed E-state index contributed by atoms with van der Waals surface area (Å²) in [4.78, 5) is 24.7. The van der Waals surface area contributed by atoms with Crippen molar-refractivity contribution in [2.24, 2.45) is 0 Å². The summed E-state index contributed by atoms with van der Waals surface area (Å²) in [5, 5.41) is 0. The van der Waals surface area contributed by atoms with Gasteiger partial charge in [-0.3, -0.25) is 4.79 Å². The monoisotopic (exact) mass is 229 g/mol. The van der Waals surface area contributed by atoms with Crippen LogP contribution < -0.4 is 0 Å². The zero-order valence-electron chi connectivity index (χ0n) is 11.2. The molecule has 0 saturated carbocycles. The highest BCUT2D eigenvalue weighted by Gasteiger charge is 2.27. The molecule has 1 atom stereocenters. The van der Waals surface area contributed by atoms with Crippen LogP contribution in [0.1, 0.15) is 47.5 Å². The normalized spacial score (nSPS) is 13.1. The van der Waals surface area contributed by atoms with E-state index in [0.717, 1.165) is 0 Å². The van der Waals surface area contributed by atoms with Crippen molar-refractivity contribution in [3.05, 3.63) is 0 Å². The first kappa shape index (κ1) is 14.9. The second-order valence-corrected chi connectivity index (χ2v) is 4.84. The van der Waals surface area contributed by atoms with E-state index in [4.69, 9.17) is 4.74 Å². The molecule has 0 fully saturated rings. The zero-order chi connectivity index (χ0) is 12.9. The number of nitrogens with zero attached hydrogens (tertiary/aromatic N) is 1. The molecule has 0 rings (SSSR count). The number of hydrogen-bond donors (Lipinski definition) is 0. The SMILES string of the molecule is CCC(=O)C(CC)N(C)C(=O)OC(C)(C)C. The van der Waals surface area contributed by atoms with Gasteiger partial charge in [0.2, 0.25) is 0 Å². The Morgan fingerprint density at radius 3 is 2.06 bits per heavy atom. The maximum absolute atomic E-state index is 11.7. The van der Waals surface area contributed by atoms with Crippen LogP contribution in [-0.4, -0.2) is 35.5 Å². The molecule has 0 aromatic heterocycles. The molecule has 0 aliphatic heterocycles. The van der Waals surface area contributed by atoms with Crippen LogP contribution in [0.25, 0.3) is 0 Å². The van der Waals surface area contributed by atoms with E-state index >= 15 is 0 Å². The molecule has 0 heterocycles. The first-order valence-electron chi connectivity index (χ1n) is 5.71. The molecule has 0 saturated heterocycles. The molecule has 0 aromatic carbocycles. The second kappa shape index (κ2) is 5.87. The van der Waals surface area contributed by atoms with Crippen LogP contribution in [0.5, 0.6) is 0 Å². The molecule has 0 aliphatic rings. The Hall–Kier alpha value is -1.06. The van der Waals surface area contributed by atoms with Crippen molar-refractivity contribution < 1.29 is 14.3 Å². The van der Waals surface area contributed by atoms with Crippen molar-refractivity contribution in [2.45, 2.75) is 59.1 Å². The molecule has 1 unspecified atom stereocenters. The predicted octanol–water partition coefficient (Wildman–Crippen LogP) is 2.61. The standard InChI is InChI=1S/C12H23NO3/c1-7-9(10(14)8-2)13(6)11(15)16-12(3,4)5/h9H,7-8H2,1-6H3. The Morgan fingerprint density at radius 1 is 1.25 bits per heavy atom. The fourth-order valence-electron chi connectivity index (χ4n) is 1.41. The molecular formula is C12H23NO3. The van der Waals surface area contributed by atoms with Crippen molar-refractivity contribution in [3.63, 3.8) is 0 Å². The number of rotatable bonds is 4. The van der Waals surface area contributed by atoms with E-state index in [-0.39, 0.29) is 11.8 Å². The van der Waals surface area contributed by atoms with Gasteiger partial charge in [0.05, 0.1) is 6.04 Å². The van der Waals surface area contributed by atoms with Crippen LogP contribution in [0.3, 0.4) is 0 Å². The first-order chi connectivity index (χ1) is 7.22. The topological polar surface area (TPSA) is 46.6 Å². The van der Waals surface area contributed by atoms with Crippen molar-refractivity contribution >= 4 is 11.9 Å². The smallest absolute Gasteiger partial charge is 0.410 e. The maximum atomic E-state index is 11.7. The Morgan fingerprint density at radius 2 is 1.75 bits per heavy atom. The third kappa shape index (κ3) is 4.64. The summed E-state index contributed by atoms with van der Waals surface area (Å²) in [6.45, 7) is 9.11. The average molecular weight is 229 g/mol. The Balaban J connectivity index is 4.57. The molecule has 0 radical (unpaired) electrons. The molecule has 0 N–H and O–H groups in total. The van der Waals surface area contributed by atoms with Gasteiger partial charge in [0.15, 0.2) is 5.78 Å². The molecule has 16 heavy (non-hydrogen) atoms. The fourth-order valence-corrected chi connectivity index (χ4v) is 1.41. The summed E-state index contributed by atoms with van der Waals surface area (Å²) < 4.78 is 5.21. The molecule has 4 nitrogen and oxygen atoms in total. The second-order valence-electron chi connectivity index (χ2n) is 4.84. The van der Waals surface area contributed by atoms with E-state index < -0.39 is 11.7 Å². The number of hydrogen-bond acceptors (Lipinski definition) is 3. The number of carbonyl (C=O) groups is 2. The van der Waals surface area contributed by atoms with Crippen molar-refractivity contribution in [1.29, 1.82) is 0 Å².